The Bertz CT molecular complexity index is 949. The molecule has 1 amide bonds. The molecule has 1 aromatic rings. The molecule has 4 aliphatic carbocycles. The van der Waals surface area contributed by atoms with Crippen molar-refractivity contribution in [2.75, 3.05) is 26.9 Å². The van der Waals surface area contributed by atoms with E-state index >= 15 is 0 Å². The van der Waals surface area contributed by atoms with Crippen LogP contribution in [0.5, 0.6) is 0 Å². The van der Waals surface area contributed by atoms with E-state index < -0.39 is 5.97 Å². The topological polar surface area (TPSA) is 93.3 Å². The number of esters is 1. The maximum absolute atomic E-state index is 12.5. The van der Waals surface area contributed by atoms with Gasteiger partial charge in [-0.2, -0.15) is 5.26 Å². The van der Waals surface area contributed by atoms with Gasteiger partial charge in [-0.15, -0.1) is 0 Å². The summed E-state index contributed by atoms with van der Waals surface area (Å²) in [7, 11) is 1.65. The number of amides is 1. The van der Waals surface area contributed by atoms with Gasteiger partial charge in [0.15, 0.2) is 6.61 Å². The van der Waals surface area contributed by atoms with Crippen molar-refractivity contribution in [2.24, 2.45) is 23.2 Å². The van der Waals surface area contributed by atoms with E-state index in [1.807, 2.05) is 26.0 Å². The number of methoxy groups -OCH3 is 1. The van der Waals surface area contributed by atoms with E-state index in [9.17, 15) is 14.9 Å². The van der Waals surface area contributed by atoms with E-state index in [0.717, 1.165) is 34.7 Å². The van der Waals surface area contributed by atoms with Crippen LogP contribution in [0.1, 0.15) is 55.5 Å². The Morgan fingerprint density at radius 2 is 1.85 bits per heavy atom. The lowest BCUT2D eigenvalue weighted by atomic mass is 9.49. The number of carbonyl (C=O) groups is 2. The maximum Gasteiger partial charge on any atom is 0.349 e. The van der Waals surface area contributed by atoms with Gasteiger partial charge < -0.3 is 19.4 Å². The largest absolute Gasteiger partial charge is 0.451 e. The van der Waals surface area contributed by atoms with Gasteiger partial charge in [0.25, 0.3) is 5.91 Å². The highest BCUT2D eigenvalue weighted by atomic mass is 16.5. The summed E-state index contributed by atoms with van der Waals surface area (Å²) in [5.41, 5.74) is 2.86. The minimum absolute atomic E-state index is 0.115. The van der Waals surface area contributed by atoms with Crippen molar-refractivity contribution in [2.45, 2.75) is 58.9 Å². The molecule has 0 aromatic carbocycles. The second-order valence-corrected chi connectivity index (χ2v) is 10.4. The maximum atomic E-state index is 12.5. The zero-order valence-electron chi connectivity index (χ0n) is 20.0. The molecule has 4 saturated carbocycles. The predicted octanol–water partition coefficient (Wildman–Crippen LogP) is 3.53. The molecular weight excluding hydrogens is 418 g/mol. The zero-order chi connectivity index (χ0) is 23.6. The number of nitrogens with zero attached hydrogens (tertiary/aromatic N) is 2. The molecule has 7 heteroatoms. The Kier molecular flexibility index (Phi) is 6.94. The number of ether oxygens (including phenoxy) is 2. The molecule has 33 heavy (non-hydrogen) atoms. The molecule has 4 bridgehead atoms. The number of aryl methyl sites for hydroxylation is 1. The van der Waals surface area contributed by atoms with Crippen molar-refractivity contribution in [3.05, 3.63) is 28.6 Å². The summed E-state index contributed by atoms with van der Waals surface area (Å²) >= 11 is 0. The normalized spacial score (nSPS) is 27.9. The molecule has 5 rings (SSSR count). The van der Waals surface area contributed by atoms with Crippen LogP contribution in [0.3, 0.4) is 0 Å². The van der Waals surface area contributed by atoms with Gasteiger partial charge in [0, 0.05) is 31.6 Å². The molecule has 178 valence electrons. The van der Waals surface area contributed by atoms with Gasteiger partial charge in [-0.1, -0.05) is 0 Å². The van der Waals surface area contributed by atoms with Gasteiger partial charge in [0.1, 0.15) is 11.6 Å². The third-order valence-corrected chi connectivity index (χ3v) is 7.93. The zero-order valence-corrected chi connectivity index (χ0v) is 20.0. The fraction of sp³-hybridized carbons (Fsp3) is 0.654. The summed E-state index contributed by atoms with van der Waals surface area (Å²) in [5, 5.41) is 12.5. The lowest BCUT2D eigenvalue weighted by Gasteiger charge is -2.56. The standard InChI is InChI=1S/C26H35N3O4/c1-17-6-22(18(2)29(17)4-5-32-3)10-23(14-27)25(31)33-15-24(30)28-16-26-11-19-7-20(12-26)9-21(8-19)13-26/h6,10,19-21H,4-5,7-9,11-13,15-16H2,1-3H3,(H,28,30)/b23-10+. The first-order chi connectivity index (χ1) is 15.8. The third kappa shape index (κ3) is 5.16. The Morgan fingerprint density at radius 3 is 2.42 bits per heavy atom. The Balaban J connectivity index is 1.30. The van der Waals surface area contributed by atoms with Crippen LogP contribution >= 0.6 is 0 Å². The number of hydrogen-bond donors (Lipinski definition) is 1. The molecule has 7 nitrogen and oxygen atoms in total. The summed E-state index contributed by atoms with van der Waals surface area (Å²) in [6, 6.07) is 3.84. The van der Waals surface area contributed by atoms with Crippen LogP contribution in [-0.2, 0) is 25.6 Å². The van der Waals surface area contributed by atoms with Crippen LogP contribution in [0.15, 0.2) is 11.6 Å². The second kappa shape index (κ2) is 9.72. The fourth-order valence-corrected chi connectivity index (χ4v) is 6.85. The van der Waals surface area contributed by atoms with Gasteiger partial charge in [-0.25, -0.2) is 4.79 Å². The Hall–Kier alpha value is -2.59. The first kappa shape index (κ1) is 23.6. The summed E-state index contributed by atoms with van der Waals surface area (Å²) in [5.74, 6) is 1.40. The Labute approximate surface area is 196 Å². The lowest BCUT2D eigenvalue weighted by molar-refractivity contribution is -0.144. The van der Waals surface area contributed by atoms with Crippen LogP contribution in [0.4, 0.5) is 0 Å². The van der Waals surface area contributed by atoms with E-state index in [0.29, 0.717) is 19.7 Å². The monoisotopic (exact) mass is 453 g/mol. The number of hydrogen-bond acceptors (Lipinski definition) is 5. The van der Waals surface area contributed by atoms with E-state index in [1.165, 1.54) is 44.6 Å². The first-order valence-corrected chi connectivity index (χ1v) is 12.0. The summed E-state index contributed by atoms with van der Waals surface area (Å²) in [4.78, 5) is 24.9. The number of carbonyl (C=O) groups excluding carboxylic acids is 2. The van der Waals surface area contributed by atoms with E-state index in [1.54, 1.807) is 7.11 Å². The van der Waals surface area contributed by atoms with E-state index in [4.69, 9.17) is 9.47 Å². The van der Waals surface area contributed by atoms with Gasteiger partial charge in [-0.3, -0.25) is 4.79 Å². The SMILES string of the molecule is COCCn1c(C)cc(/C=C(\C#N)C(=O)OCC(=O)NCC23CC4CC(CC(C4)C2)C3)c1C. The molecule has 0 aliphatic heterocycles. The minimum Gasteiger partial charge on any atom is -0.451 e. The molecule has 0 atom stereocenters. The minimum atomic E-state index is -0.774. The average molecular weight is 454 g/mol. The smallest absolute Gasteiger partial charge is 0.349 e. The first-order valence-electron chi connectivity index (χ1n) is 12.0. The molecule has 1 heterocycles. The lowest BCUT2D eigenvalue weighted by Crippen LogP contribution is -2.51. The van der Waals surface area contributed by atoms with Crippen LogP contribution in [-0.4, -0.2) is 43.3 Å². The molecule has 1 N–H and O–H groups in total. The quantitative estimate of drug-likeness (QED) is 0.351. The molecule has 1 aromatic heterocycles. The second-order valence-electron chi connectivity index (χ2n) is 10.4. The Morgan fingerprint density at radius 1 is 1.21 bits per heavy atom. The van der Waals surface area contributed by atoms with Crippen molar-refractivity contribution in [1.82, 2.24) is 9.88 Å². The van der Waals surface area contributed by atoms with Crippen molar-refractivity contribution in [1.29, 1.82) is 5.26 Å². The van der Waals surface area contributed by atoms with E-state index in [2.05, 4.69) is 9.88 Å². The van der Waals surface area contributed by atoms with Crippen molar-refractivity contribution in [3.8, 4) is 6.07 Å². The summed E-state index contributed by atoms with van der Waals surface area (Å²) in [6.07, 6.45) is 9.26. The molecule has 0 radical (unpaired) electrons. The molecule has 0 unspecified atom stereocenters. The van der Waals surface area contributed by atoms with Crippen LogP contribution in [0.25, 0.3) is 6.08 Å². The van der Waals surface area contributed by atoms with E-state index in [-0.39, 0.29) is 23.5 Å². The fourth-order valence-electron chi connectivity index (χ4n) is 6.85. The number of rotatable bonds is 9. The summed E-state index contributed by atoms with van der Waals surface area (Å²) < 4.78 is 12.4. The highest BCUT2D eigenvalue weighted by Crippen LogP contribution is 2.59. The number of nitrogens with one attached hydrogen (secondary N) is 1. The molecular formula is C26H35N3O4. The molecule has 0 saturated heterocycles. The van der Waals surface area contributed by atoms with Gasteiger partial charge >= 0.3 is 5.97 Å². The summed E-state index contributed by atoms with van der Waals surface area (Å²) in [6.45, 7) is 5.48. The molecule has 4 aliphatic rings. The predicted molar refractivity (Wildman–Crippen MR) is 124 cm³/mol. The van der Waals surface area contributed by atoms with Gasteiger partial charge in [0.05, 0.1) is 6.61 Å². The molecule has 0 spiro atoms. The third-order valence-electron chi connectivity index (χ3n) is 7.93. The van der Waals surface area contributed by atoms with Gasteiger partial charge in [-0.05, 0) is 93.2 Å². The number of aromatic nitrogens is 1. The van der Waals surface area contributed by atoms with Crippen molar-refractivity contribution in [3.63, 3.8) is 0 Å². The number of nitriles is 1. The highest BCUT2D eigenvalue weighted by molar-refractivity contribution is 5.99. The highest BCUT2D eigenvalue weighted by Gasteiger charge is 2.50. The van der Waals surface area contributed by atoms with Gasteiger partial charge in [0.2, 0.25) is 0 Å². The molecule has 4 fully saturated rings. The van der Waals surface area contributed by atoms with Crippen LogP contribution in [0.2, 0.25) is 0 Å². The van der Waals surface area contributed by atoms with Crippen molar-refractivity contribution >= 4 is 18.0 Å². The average Bonchev–Trinajstić information content (AvgIpc) is 3.04. The van der Waals surface area contributed by atoms with Crippen molar-refractivity contribution < 1.29 is 19.1 Å². The van der Waals surface area contributed by atoms with Crippen LogP contribution in [0, 0.1) is 48.3 Å². The van der Waals surface area contributed by atoms with Crippen LogP contribution < -0.4 is 5.32 Å².